The molecule has 2 aliphatic rings. The number of sulfonamides is 2. The average Bonchev–Trinajstić information content (AvgIpc) is 3.54. The highest BCUT2D eigenvalue weighted by molar-refractivity contribution is 8.13. The molecule has 0 bridgehead atoms. The van der Waals surface area contributed by atoms with Crippen molar-refractivity contribution in [1.82, 2.24) is 25.3 Å². The molecule has 4 atom stereocenters. The Morgan fingerprint density at radius 2 is 0.889 bits per heavy atom. The molecule has 0 aliphatic carbocycles. The lowest BCUT2D eigenvalue weighted by Crippen LogP contribution is -2.48. The summed E-state index contributed by atoms with van der Waals surface area (Å²) in [7, 11) is -8.12. The van der Waals surface area contributed by atoms with Crippen LogP contribution in [0.4, 0.5) is 0 Å². The predicted molar refractivity (Wildman–Crippen MR) is 155 cm³/mol. The lowest BCUT2D eigenvalue weighted by Gasteiger charge is -2.28. The van der Waals surface area contributed by atoms with Crippen LogP contribution < -0.4 is 20.9 Å². The van der Waals surface area contributed by atoms with Gasteiger partial charge < -0.3 is 26.0 Å². The lowest BCUT2D eigenvalue weighted by molar-refractivity contribution is -0.141. The summed E-state index contributed by atoms with van der Waals surface area (Å²) < 4.78 is 42.7. The number of amides is 2. The molecule has 0 radical (unpaired) electrons. The second kappa shape index (κ2) is 17.0. The van der Waals surface area contributed by atoms with Gasteiger partial charge >= 0.3 is 17.9 Å². The molecule has 0 aromatic rings. The van der Waals surface area contributed by atoms with Gasteiger partial charge in [0.25, 0.3) is 0 Å². The number of hydrogen-bond acceptors (Lipinski definition) is 18. The number of nitrogens with two attached hydrogens (primary N) is 2. The zero-order valence-electron chi connectivity index (χ0n) is 23.1. The van der Waals surface area contributed by atoms with Crippen LogP contribution in [0.25, 0.3) is 0 Å². The summed E-state index contributed by atoms with van der Waals surface area (Å²) in [6.45, 7) is -3.26. The first-order valence-electron chi connectivity index (χ1n) is 12.4. The second-order valence-corrected chi connectivity index (χ2v) is 15.4. The smallest absolute Gasteiger partial charge is 0.317 e. The number of azo groups is 2. The second-order valence-electron chi connectivity index (χ2n) is 9.24. The Kier molecular flexibility index (Phi) is 14.4. The highest BCUT2D eigenvalue weighted by Crippen LogP contribution is 2.29. The van der Waals surface area contributed by atoms with Crippen LogP contribution in [-0.2, 0) is 44.0 Å². The molecule has 0 aromatic heterocycles. The van der Waals surface area contributed by atoms with Crippen molar-refractivity contribution >= 4 is 73.3 Å². The highest BCUT2D eigenvalue weighted by Gasteiger charge is 2.33. The van der Waals surface area contributed by atoms with Gasteiger partial charge in [-0.1, -0.05) is 23.5 Å². The monoisotopic (exact) mass is 721 g/mol. The van der Waals surface area contributed by atoms with E-state index in [9.17, 15) is 56.1 Å². The van der Waals surface area contributed by atoms with Gasteiger partial charge in [0.15, 0.2) is 11.0 Å². The van der Waals surface area contributed by atoms with E-state index < -0.39 is 103 Å². The minimum atomic E-state index is -4.06. The van der Waals surface area contributed by atoms with E-state index in [1.165, 1.54) is 14.7 Å². The van der Waals surface area contributed by atoms with Gasteiger partial charge in [-0.05, 0) is 0 Å². The van der Waals surface area contributed by atoms with E-state index in [1.807, 2.05) is 0 Å². The number of nitrogens with zero attached hydrogens (tertiary/aromatic N) is 7. The Hall–Kier alpha value is -3.05. The van der Waals surface area contributed by atoms with E-state index in [4.69, 9.17) is 10.3 Å². The van der Waals surface area contributed by atoms with Crippen LogP contribution in [0.5, 0.6) is 0 Å². The minimum Gasteiger partial charge on any atom is -0.480 e. The first-order chi connectivity index (χ1) is 20.8. The fraction of sp³-hybridized carbons (Fsp3) is 0.722. The van der Waals surface area contributed by atoms with Crippen LogP contribution in [0.3, 0.4) is 0 Å². The fourth-order valence-electron chi connectivity index (χ4n) is 3.58. The van der Waals surface area contributed by atoms with E-state index >= 15 is 0 Å². The van der Waals surface area contributed by atoms with Crippen LogP contribution in [0.1, 0.15) is 0 Å². The summed E-state index contributed by atoms with van der Waals surface area (Å²) in [6.07, 6.45) is 0. The number of rotatable bonds is 20. The average molecular weight is 722 g/mol. The first-order valence-corrected chi connectivity index (χ1v) is 17.5. The number of nitrogens with one attached hydrogen (secondary N) is 2. The SMILES string of the molecule is NS(=O)(=O)C1N=NC(NC(=O)CN(CCN(CCN(CC(=O)O)CC(=O)NC2N=NC(S(N)(=O)=O)S2)CC(=O)O)CC(=O)O)S1. The van der Waals surface area contributed by atoms with Gasteiger partial charge in [0, 0.05) is 26.2 Å². The van der Waals surface area contributed by atoms with Crippen LogP contribution >= 0.6 is 23.5 Å². The first kappa shape index (κ1) is 38.1. The maximum Gasteiger partial charge on any atom is 0.317 e. The van der Waals surface area contributed by atoms with Crippen LogP contribution in [-0.4, -0.2) is 156 Å². The van der Waals surface area contributed by atoms with Gasteiger partial charge in [0.05, 0.1) is 32.7 Å². The Morgan fingerprint density at radius 1 is 0.578 bits per heavy atom. The van der Waals surface area contributed by atoms with E-state index in [-0.39, 0.29) is 26.2 Å². The van der Waals surface area contributed by atoms with Crippen molar-refractivity contribution in [2.75, 3.05) is 58.9 Å². The quantitative estimate of drug-likeness (QED) is 0.0622. The van der Waals surface area contributed by atoms with E-state index in [1.54, 1.807) is 0 Å². The number of hydrogen-bond donors (Lipinski definition) is 7. The van der Waals surface area contributed by atoms with E-state index in [0.29, 0.717) is 23.5 Å². The molecule has 9 N–H and O–H groups in total. The van der Waals surface area contributed by atoms with Crippen LogP contribution in [0.2, 0.25) is 0 Å². The van der Waals surface area contributed by atoms with Crippen molar-refractivity contribution < 1.29 is 56.1 Å². The van der Waals surface area contributed by atoms with Gasteiger partial charge in [0.1, 0.15) is 0 Å². The molecule has 2 rings (SSSR count). The molecule has 0 aromatic carbocycles. The number of carbonyl (C=O) groups is 5. The summed E-state index contributed by atoms with van der Waals surface area (Å²) in [5, 5.41) is 56.7. The third-order valence-corrected chi connectivity index (χ3v) is 10.6. The number of carboxylic acids is 3. The zero-order valence-corrected chi connectivity index (χ0v) is 26.4. The van der Waals surface area contributed by atoms with Crippen LogP contribution in [0, 0.1) is 0 Å². The maximum atomic E-state index is 12.5. The number of carbonyl (C=O) groups excluding carboxylic acids is 2. The molecular formula is C18H31N11O12S4. The van der Waals surface area contributed by atoms with E-state index in [2.05, 4.69) is 31.1 Å². The van der Waals surface area contributed by atoms with Crippen molar-refractivity contribution in [1.29, 1.82) is 0 Å². The van der Waals surface area contributed by atoms with Gasteiger partial charge in [0.2, 0.25) is 41.3 Å². The maximum absolute atomic E-state index is 12.5. The van der Waals surface area contributed by atoms with Crippen molar-refractivity contribution in [2.24, 2.45) is 30.7 Å². The molecule has 254 valence electrons. The molecule has 0 spiro atoms. The summed E-state index contributed by atoms with van der Waals surface area (Å²) in [4.78, 5) is 62.8. The topological polar surface area (TPSA) is 350 Å². The standard InChI is InChI=1S/C18H31N11O12S4/c19-44(38,39)17-25-23-15(42-17)21-10(30)5-28(8-13(34)35)3-1-27(7-12(32)33)2-4-29(9-14(36)37)6-11(31)22-16-24-26-18(43-16)45(20,40)41/h15-18H,1-9H2,(H,21,30)(H,22,31)(H,32,33)(H,34,35)(H,36,37)(H2,19,38,39)(H2,20,40,41). The Bertz CT molecular complexity index is 1300. The predicted octanol–water partition coefficient (Wildman–Crippen LogP) is -4.51. The normalized spacial score (nSPS) is 21.4. The molecule has 27 heteroatoms. The van der Waals surface area contributed by atoms with Gasteiger partial charge in [-0.25, -0.2) is 27.1 Å². The summed E-state index contributed by atoms with van der Waals surface area (Å²) in [6, 6.07) is 0. The fourth-order valence-corrected chi connectivity index (χ4v) is 7.10. The summed E-state index contributed by atoms with van der Waals surface area (Å²) >= 11 is 1.27. The molecular weight excluding hydrogens is 691 g/mol. The number of primary sulfonamides is 2. The Morgan fingerprint density at radius 3 is 1.18 bits per heavy atom. The van der Waals surface area contributed by atoms with Crippen molar-refractivity contribution in [3.05, 3.63) is 0 Å². The molecule has 0 saturated carbocycles. The molecule has 4 unspecified atom stereocenters. The molecule has 2 heterocycles. The number of aliphatic carboxylic acids is 3. The molecule has 2 aliphatic heterocycles. The van der Waals surface area contributed by atoms with Crippen molar-refractivity contribution in [2.45, 2.75) is 20.4 Å². The van der Waals surface area contributed by atoms with Crippen molar-refractivity contribution in [3.8, 4) is 0 Å². The third-order valence-electron chi connectivity index (χ3n) is 5.43. The number of carboxylic acid groups (broad SMARTS) is 3. The largest absolute Gasteiger partial charge is 0.480 e. The Balaban J connectivity index is 1.95. The number of thioether (sulfide) groups is 2. The van der Waals surface area contributed by atoms with Gasteiger partial charge in [-0.15, -0.1) is 0 Å². The van der Waals surface area contributed by atoms with E-state index in [0.717, 1.165) is 0 Å². The van der Waals surface area contributed by atoms with Crippen molar-refractivity contribution in [3.63, 3.8) is 0 Å². The third kappa shape index (κ3) is 14.7. The highest BCUT2D eigenvalue weighted by atomic mass is 32.3. The minimum absolute atomic E-state index is 0.0978. The van der Waals surface area contributed by atoms with Gasteiger partial charge in [-0.2, -0.15) is 20.5 Å². The van der Waals surface area contributed by atoms with Gasteiger partial charge in [-0.3, -0.25) is 38.7 Å². The zero-order chi connectivity index (χ0) is 33.9. The molecule has 0 saturated heterocycles. The molecule has 2 amide bonds. The Labute approximate surface area is 264 Å². The summed E-state index contributed by atoms with van der Waals surface area (Å²) in [5.74, 6) is -5.33. The van der Waals surface area contributed by atoms with Crippen LogP contribution in [0.15, 0.2) is 20.5 Å². The summed E-state index contributed by atoms with van der Waals surface area (Å²) in [5.41, 5.74) is -2.17. The lowest BCUT2D eigenvalue weighted by atomic mass is 10.3. The molecule has 0 fully saturated rings. The molecule has 45 heavy (non-hydrogen) atoms. The molecule has 23 nitrogen and oxygen atoms in total.